The highest BCUT2D eigenvalue weighted by Crippen LogP contribution is 2.39. The number of benzene rings is 8. The van der Waals surface area contributed by atoms with Crippen LogP contribution in [-0.4, -0.2) is 34.1 Å². The summed E-state index contributed by atoms with van der Waals surface area (Å²) in [5.41, 5.74) is 8.02. The number of nitrogens with zero attached hydrogens (tertiary/aromatic N) is 7. The van der Waals surface area contributed by atoms with Gasteiger partial charge >= 0.3 is 0 Å². The van der Waals surface area contributed by atoms with Crippen LogP contribution < -0.4 is 0 Å². The smallest absolute Gasteiger partial charge is 0.234 e. The van der Waals surface area contributed by atoms with Crippen molar-refractivity contribution >= 4 is 65.2 Å². The van der Waals surface area contributed by atoms with Gasteiger partial charge in [-0.3, -0.25) is 4.57 Å². The Morgan fingerprint density at radius 3 is 1.40 bits per heavy atom. The summed E-state index contributed by atoms with van der Waals surface area (Å²) in [6, 6.07) is 61.4. The zero-order valence-electron chi connectivity index (χ0n) is 31.0. The highest BCUT2D eigenvalue weighted by atomic mass is 15.2. The van der Waals surface area contributed by atoms with Gasteiger partial charge in [0.1, 0.15) is 0 Å². The van der Waals surface area contributed by atoms with Crippen molar-refractivity contribution in [2.45, 2.75) is 0 Å². The fourth-order valence-corrected chi connectivity index (χ4v) is 8.64. The molecule has 0 fully saturated rings. The molecule has 270 valence electrons. The fraction of sp³-hybridized carbons (Fsp3) is 0. The van der Waals surface area contributed by atoms with Crippen molar-refractivity contribution in [2.24, 2.45) is 0 Å². The van der Waals surface area contributed by atoms with Crippen molar-refractivity contribution < 1.29 is 0 Å². The normalized spacial score (nSPS) is 11.8. The monoisotopic (exact) mass is 741 g/mol. The molecule has 0 N–H and O–H groups in total. The Morgan fingerprint density at radius 2 is 0.793 bits per heavy atom. The van der Waals surface area contributed by atoms with E-state index in [1.54, 1.807) is 0 Å². The van der Waals surface area contributed by atoms with E-state index in [4.69, 9.17) is 24.9 Å². The lowest BCUT2D eigenvalue weighted by Crippen LogP contribution is -2.04. The Balaban J connectivity index is 1.06. The van der Waals surface area contributed by atoms with Crippen LogP contribution in [0.1, 0.15) is 0 Å². The average Bonchev–Trinajstić information content (AvgIpc) is 3.80. The molecule has 7 nitrogen and oxygen atoms in total. The Labute approximate surface area is 332 Å². The van der Waals surface area contributed by atoms with Crippen LogP contribution in [0.4, 0.5) is 0 Å². The van der Waals surface area contributed by atoms with Crippen LogP contribution in [0.3, 0.4) is 0 Å². The first-order valence-corrected chi connectivity index (χ1v) is 19.3. The number of para-hydroxylation sites is 3. The molecule has 0 bridgehead atoms. The van der Waals surface area contributed by atoms with Crippen molar-refractivity contribution in [1.82, 2.24) is 34.1 Å². The van der Waals surface area contributed by atoms with Gasteiger partial charge in [0.2, 0.25) is 5.95 Å². The third kappa shape index (κ3) is 4.97. The van der Waals surface area contributed by atoms with E-state index in [2.05, 4.69) is 161 Å². The lowest BCUT2D eigenvalue weighted by molar-refractivity contribution is 0.982. The van der Waals surface area contributed by atoms with E-state index in [1.165, 1.54) is 10.8 Å². The van der Waals surface area contributed by atoms with E-state index in [1.807, 2.05) is 36.7 Å². The molecule has 0 spiro atoms. The summed E-state index contributed by atoms with van der Waals surface area (Å²) in [7, 11) is 0. The van der Waals surface area contributed by atoms with Crippen molar-refractivity contribution in [3.8, 4) is 45.8 Å². The molecular weight excluding hydrogens is 711 g/mol. The van der Waals surface area contributed by atoms with E-state index in [9.17, 15) is 0 Å². The minimum absolute atomic E-state index is 0.503. The lowest BCUT2D eigenvalue weighted by atomic mass is 10.0. The van der Waals surface area contributed by atoms with Crippen molar-refractivity contribution in [1.29, 1.82) is 0 Å². The van der Waals surface area contributed by atoms with Crippen LogP contribution >= 0.6 is 0 Å². The van der Waals surface area contributed by atoms with Crippen LogP contribution in [0, 0.1) is 0 Å². The van der Waals surface area contributed by atoms with Crippen molar-refractivity contribution in [2.75, 3.05) is 0 Å². The van der Waals surface area contributed by atoms with Crippen molar-refractivity contribution in [3.05, 3.63) is 188 Å². The maximum absolute atomic E-state index is 5.13. The lowest BCUT2D eigenvalue weighted by Gasteiger charge is -2.12. The summed E-state index contributed by atoms with van der Waals surface area (Å²) in [4.78, 5) is 25.4. The van der Waals surface area contributed by atoms with Gasteiger partial charge in [-0.1, -0.05) is 140 Å². The second kappa shape index (κ2) is 12.8. The molecule has 0 aliphatic rings. The molecule has 0 saturated carbocycles. The molecule has 0 amide bonds. The molecule has 4 heterocycles. The van der Waals surface area contributed by atoms with Gasteiger partial charge in [0.15, 0.2) is 17.5 Å². The fourth-order valence-electron chi connectivity index (χ4n) is 8.64. The van der Waals surface area contributed by atoms with Crippen LogP contribution in [0.25, 0.3) is 111 Å². The van der Waals surface area contributed by atoms with E-state index < -0.39 is 0 Å². The third-order valence-corrected chi connectivity index (χ3v) is 11.3. The zero-order valence-corrected chi connectivity index (χ0v) is 31.0. The summed E-state index contributed by atoms with van der Waals surface area (Å²) in [6.07, 6.45) is 3.66. The Kier molecular flexibility index (Phi) is 7.09. The second-order valence-electron chi connectivity index (χ2n) is 14.6. The van der Waals surface area contributed by atoms with Gasteiger partial charge in [0, 0.05) is 50.8 Å². The Hall–Kier alpha value is -8.03. The molecular formula is C51H31N7. The van der Waals surface area contributed by atoms with E-state index >= 15 is 0 Å². The summed E-state index contributed by atoms with van der Waals surface area (Å²) in [5, 5.41) is 9.08. The first kappa shape index (κ1) is 32.2. The van der Waals surface area contributed by atoms with Crippen LogP contribution in [0.15, 0.2) is 188 Å². The van der Waals surface area contributed by atoms with Gasteiger partial charge in [0.05, 0.1) is 27.6 Å². The molecule has 12 rings (SSSR count). The molecule has 58 heavy (non-hydrogen) atoms. The van der Waals surface area contributed by atoms with Crippen LogP contribution in [0.2, 0.25) is 0 Å². The molecule has 7 heteroatoms. The topological polar surface area (TPSA) is 74.3 Å². The molecule has 0 aliphatic carbocycles. The summed E-state index contributed by atoms with van der Waals surface area (Å²) >= 11 is 0. The first-order chi connectivity index (χ1) is 28.8. The van der Waals surface area contributed by atoms with Gasteiger partial charge < -0.3 is 4.57 Å². The van der Waals surface area contributed by atoms with E-state index in [0.717, 1.165) is 71.2 Å². The highest BCUT2D eigenvalue weighted by molar-refractivity contribution is 6.19. The van der Waals surface area contributed by atoms with Gasteiger partial charge in [-0.25, -0.2) is 24.9 Å². The molecule has 0 aliphatic heterocycles. The average molecular weight is 742 g/mol. The predicted molar refractivity (Wildman–Crippen MR) is 235 cm³/mol. The van der Waals surface area contributed by atoms with Gasteiger partial charge in [-0.15, -0.1) is 0 Å². The van der Waals surface area contributed by atoms with E-state index in [0.29, 0.717) is 29.0 Å². The predicted octanol–water partition coefficient (Wildman–Crippen LogP) is 12.2. The summed E-state index contributed by atoms with van der Waals surface area (Å²) in [6.45, 7) is 0. The highest BCUT2D eigenvalue weighted by Gasteiger charge is 2.21. The molecule has 0 unspecified atom stereocenters. The second-order valence-corrected chi connectivity index (χ2v) is 14.6. The Morgan fingerprint density at radius 1 is 0.328 bits per heavy atom. The molecule has 0 saturated heterocycles. The van der Waals surface area contributed by atoms with Gasteiger partial charge in [-0.2, -0.15) is 0 Å². The number of aromatic nitrogens is 7. The first-order valence-electron chi connectivity index (χ1n) is 19.3. The number of fused-ring (bicyclic) bond motifs is 8. The number of hydrogen-bond acceptors (Lipinski definition) is 5. The maximum Gasteiger partial charge on any atom is 0.234 e. The molecule has 0 radical (unpaired) electrons. The summed E-state index contributed by atoms with van der Waals surface area (Å²) < 4.78 is 4.51. The van der Waals surface area contributed by atoms with Crippen LogP contribution in [0.5, 0.6) is 0 Å². The minimum atomic E-state index is 0.503. The third-order valence-electron chi connectivity index (χ3n) is 11.3. The Bertz CT molecular complexity index is 3460. The van der Waals surface area contributed by atoms with Crippen molar-refractivity contribution in [3.63, 3.8) is 0 Å². The molecule has 12 aromatic rings. The molecule has 8 aromatic carbocycles. The van der Waals surface area contributed by atoms with Gasteiger partial charge in [0.25, 0.3) is 0 Å². The minimum Gasteiger partial charge on any atom is -0.309 e. The molecule has 4 aromatic heterocycles. The zero-order chi connectivity index (χ0) is 38.2. The molecule has 0 atom stereocenters. The summed E-state index contributed by atoms with van der Waals surface area (Å²) in [5.74, 6) is 2.25. The standard InChI is InChI=1S/C51H31N7/c1-2-18-35(19-3-1)57-44-26-10-8-22-38(44)42-28-43-39-23-9-11-27-45(39)58(47(43)29-46(42)57)51-52-30-34(31-53-51)48-54-49(40-24-12-16-32-14-4-6-20-36(32)40)56-50(55-48)41-25-13-17-33-15-5-7-21-37(33)41/h1-31H. The SMILES string of the molecule is c1ccc(-n2c3ccccc3c3cc4c5ccccc5n(-c5ncc(-c6nc(-c7cccc8ccccc78)nc(-c7cccc8ccccc78)n6)cn5)c4cc32)cc1. The quantitative estimate of drug-likeness (QED) is 0.176. The van der Waals surface area contributed by atoms with E-state index in [-0.39, 0.29) is 0 Å². The number of rotatable bonds is 5. The number of hydrogen-bond donors (Lipinski definition) is 0. The van der Waals surface area contributed by atoms with Crippen LogP contribution in [-0.2, 0) is 0 Å². The largest absolute Gasteiger partial charge is 0.309 e. The van der Waals surface area contributed by atoms with Gasteiger partial charge in [-0.05, 0) is 57.9 Å². The maximum atomic E-state index is 5.13.